The fourth-order valence-electron chi connectivity index (χ4n) is 1.65. The Labute approximate surface area is 128 Å². The van der Waals surface area contributed by atoms with Crippen LogP contribution in [0.5, 0.6) is 0 Å². The summed E-state index contributed by atoms with van der Waals surface area (Å²) in [6.45, 7) is 0. The number of benzene rings is 2. The van der Waals surface area contributed by atoms with Gasteiger partial charge in [0.05, 0.1) is 20.6 Å². The summed E-state index contributed by atoms with van der Waals surface area (Å²) in [4.78, 5) is 32.0. The lowest BCUT2D eigenvalue weighted by Gasteiger charge is -2.07. The first-order valence-electron chi connectivity index (χ1n) is 5.88. The van der Waals surface area contributed by atoms with Gasteiger partial charge < -0.3 is 5.32 Å². The highest BCUT2D eigenvalue weighted by molar-refractivity contribution is 6.34. The Morgan fingerprint density at radius 3 is 2.00 bits per heavy atom. The van der Waals surface area contributed by atoms with Crippen LogP contribution in [0.1, 0.15) is 10.4 Å². The topological polar surface area (TPSA) is 115 Å². The van der Waals surface area contributed by atoms with Gasteiger partial charge in [-0.25, -0.2) is 0 Å². The molecule has 8 nitrogen and oxygen atoms in total. The second-order valence-corrected chi connectivity index (χ2v) is 4.59. The first-order valence-corrected chi connectivity index (χ1v) is 6.26. The zero-order chi connectivity index (χ0) is 16.3. The van der Waals surface area contributed by atoms with Crippen molar-refractivity contribution in [3.05, 3.63) is 73.3 Å². The Bertz CT molecular complexity index is 761. The van der Waals surface area contributed by atoms with E-state index in [2.05, 4.69) is 5.32 Å². The van der Waals surface area contributed by atoms with Gasteiger partial charge in [0.15, 0.2) is 0 Å². The zero-order valence-corrected chi connectivity index (χ0v) is 11.6. The number of carbonyl (C=O) groups excluding carboxylic acids is 1. The van der Waals surface area contributed by atoms with Crippen LogP contribution < -0.4 is 5.32 Å². The zero-order valence-electron chi connectivity index (χ0n) is 10.9. The van der Waals surface area contributed by atoms with Crippen LogP contribution in [-0.4, -0.2) is 15.8 Å². The average molecular weight is 322 g/mol. The maximum Gasteiger partial charge on any atom is 0.271 e. The summed E-state index contributed by atoms with van der Waals surface area (Å²) in [7, 11) is 0. The van der Waals surface area contributed by atoms with Gasteiger partial charge in [-0.05, 0) is 18.2 Å². The van der Waals surface area contributed by atoms with Crippen molar-refractivity contribution in [3.63, 3.8) is 0 Å². The number of hydrogen-bond donors (Lipinski definition) is 1. The third-order valence-electron chi connectivity index (χ3n) is 2.75. The second kappa shape index (κ2) is 6.19. The lowest BCUT2D eigenvalue weighted by Crippen LogP contribution is -2.12. The highest BCUT2D eigenvalue weighted by Gasteiger charge is 2.13. The van der Waals surface area contributed by atoms with Gasteiger partial charge in [0.25, 0.3) is 17.3 Å². The number of nitrogens with one attached hydrogen (secondary N) is 1. The van der Waals surface area contributed by atoms with E-state index in [0.717, 1.165) is 6.07 Å². The van der Waals surface area contributed by atoms with E-state index in [-0.39, 0.29) is 27.6 Å². The lowest BCUT2D eigenvalue weighted by atomic mass is 10.2. The molecule has 112 valence electrons. The average Bonchev–Trinajstić information content (AvgIpc) is 2.49. The third-order valence-corrected chi connectivity index (χ3v) is 3.06. The Morgan fingerprint density at radius 1 is 0.955 bits per heavy atom. The molecule has 0 radical (unpaired) electrons. The molecule has 2 rings (SSSR count). The molecule has 0 aliphatic heterocycles. The van der Waals surface area contributed by atoms with Crippen molar-refractivity contribution < 1.29 is 14.6 Å². The highest BCUT2D eigenvalue weighted by atomic mass is 35.5. The number of non-ortho nitro benzene ring substituents is 2. The Hall–Kier alpha value is -3.00. The molecule has 0 fully saturated rings. The van der Waals surface area contributed by atoms with E-state index in [0.29, 0.717) is 0 Å². The molecule has 0 unspecified atom stereocenters. The number of rotatable bonds is 4. The van der Waals surface area contributed by atoms with Crippen LogP contribution in [0.4, 0.5) is 17.1 Å². The van der Waals surface area contributed by atoms with E-state index in [1.165, 1.54) is 36.4 Å². The largest absolute Gasteiger partial charge is 0.321 e. The molecule has 9 heteroatoms. The Morgan fingerprint density at radius 2 is 1.50 bits per heavy atom. The minimum atomic E-state index is -0.603. The number of carbonyl (C=O) groups is 1. The highest BCUT2D eigenvalue weighted by Crippen LogP contribution is 2.27. The van der Waals surface area contributed by atoms with Crippen LogP contribution in [-0.2, 0) is 0 Å². The van der Waals surface area contributed by atoms with Crippen LogP contribution in [0.25, 0.3) is 0 Å². The first-order chi connectivity index (χ1) is 10.4. The van der Waals surface area contributed by atoms with Crippen LogP contribution in [0.2, 0.25) is 5.02 Å². The van der Waals surface area contributed by atoms with Crippen LogP contribution in [0.3, 0.4) is 0 Å². The SMILES string of the molecule is O=C(Nc1ccc([N+](=O)[O-])cc1Cl)c1ccc([N+](=O)[O-])cc1. The van der Waals surface area contributed by atoms with Crippen molar-refractivity contribution in [2.45, 2.75) is 0 Å². The number of nitrogens with zero attached hydrogens (tertiary/aromatic N) is 2. The summed E-state index contributed by atoms with van der Waals surface area (Å²) < 4.78 is 0. The van der Waals surface area contributed by atoms with E-state index in [4.69, 9.17) is 11.6 Å². The first kappa shape index (κ1) is 15.4. The summed E-state index contributed by atoms with van der Waals surface area (Å²) >= 11 is 5.86. The minimum absolute atomic E-state index is 0.0180. The molecule has 2 aromatic rings. The van der Waals surface area contributed by atoms with Crippen molar-refractivity contribution >= 4 is 34.6 Å². The predicted octanol–water partition coefficient (Wildman–Crippen LogP) is 3.41. The number of amides is 1. The molecule has 0 bridgehead atoms. The molecule has 0 aliphatic rings. The molecule has 22 heavy (non-hydrogen) atoms. The van der Waals surface area contributed by atoms with Crippen LogP contribution in [0.15, 0.2) is 42.5 Å². The predicted molar refractivity (Wildman–Crippen MR) is 79.2 cm³/mol. The van der Waals surface area contributed by atoms with Gasteiger partial charge in [0, 0.05) is 29.8 Å². The molecule has 0 saturated heterocycles. The van der Waals surface area contributed by atoms with Crippen molar-refractivity contribution in [2.24, 2.45) is 0 Å². The number of nitro benzene ring substituents is 2. The fourth-order valence-corrected chi connectivity index (χ4v) is 1.87. The molecule has 0 spiro atoms. The monoisotopic (exact) mass is 321 g/mol. The summed E-state index contributed by atoms with van der Waals surface area (Å²) in [6, 6.07) is 8.63. The fraction of sp³-hybridized carbons (Fsp3) is 0. The van der Waals surface area contributed by atoms with E-state index >= 15 is 0 Å². The maximum absolute atomic E-state index is 12.0. The van der Waals surface area contributed by atoms with Gasteiger partial charge in [-0.1, -0.05) is 11.6 Å². The molecule has 0 heterocycles. The van der Waals surface area contributed by atoms with E-state index in [1.54, 1.807) is 0 Å². The second-order valence-electron chi connectivity index (χ2n) is 4.18. The van der Waals surface area contributed by atoms with Gasteiger partial charge in [-0.3, -0.25) is 25.0 Å². The Balaban J connectivity index is 2.18. The van der Waals surface area contributed by atoms with Crippen LogP contribution >= 0.6 is 11.6 Å². The summed E-state index contributed by atoms with van der Waals surface area (Å²) in [5.41, 5.74) is 0.0684. The van der Waals surface area contributed by atoms with Crippen molar-refractivity contribution in [1.29, 1.82) is 0 Å². The summed E-state index contributed by atoms with van der Waals surface area (Å²) in [6.07, 6.45) is 0. The molecule has 1 N–H and O–H groups in total. The van der Waals surface area contributed by atoms with E-state index in [9.17, 15) is 25.0 Å². The van der Waals surface area contributed by atoms with Crippen molar-refractivity contribution in [3.8, 4) is 0 Å². The third kappa shape index (κ3) is 3.36. The summed E-state index contributed by atoms with van der Waals surface area (Å²) in [5, 5.41) is 23.6. The van der Waals surface area contributed by atoms with Crippen molar-refractivity contribution in [2.75, 3.05) is 5.32 Å². The van der Waals surface area contributed by atoms with Gasteiger partial charge in [0.2, 0.25) is 0 Å². The number of anilines is 1. The molecular formula is C13H8ClN3O5. The van der Waals surface area contributed by atoms with E-state index in [1.807, 2.05) is 0 Å². The molecule has 0 aliphatic carbocycles. The molecule has 0 saturated carbocycles. The lowest BCUT2D eigenvalue weighted by molar-refractivity contribution is -0.385. The van der Waals surface area contributed by atoms with Gasteiger partial charge >= 0.3 is 0 Å². The molecule has 0 atom stereocenters. The number of hydrogen-bond acceptors (Lipinski definition) is 5. The van der Waals surface area contributed by atoms with Gasteiger partial charge in [0.1, 0.15) is 0 Å². The van der Waals surface area contributed by atoms with Crippen LogP contribution in [0, 0.1) is 20.2 Å². The quantitative estimate of drug-likeness (QED) is 0.684. The van der Waals surface area contributed by atoms with Gasteiger partial charge in [-0.15, -0.1) is 0 Å². The maximum atomic E-state index is 12.0. The van der Waals surface area contributed by atoms with E-state index < -0.39 is 15.8 Å². The van der Waals surface area contributed by atoms with Gasteiger partial charge in [-0.2, -0.15) is 0 Å². The number of halogens is 1. The summed E-state index contributed by atoms with van der Waals surface area (Å²) in [5.74, 6) is -0.536. The Kier molecular flexibility index (Phi) is 4.33. The molecule has 2 aromatic carbocycles. The smallest absolute Gasteiger partial charge is 0.271 e. The number of nitro groups is 2. The standard InChI is InChI=1S/C13H8ClN3O5/c14-11-7-10(17(21)22)5-6-12(11)15-13(18)8-1-3-9(4-2-8)16(19)20/h1-7H,(H,15,18). The minimum Gasteiger partial charge on any atom is -0.321 e. The normalized spacial score (nSPS) is 10.0. The molecule has 0 aromatic heterocycles. The molecular weight excluding hydrogens is 314 g/mol. The van der Waals surface area contributed by atoms with Crippen molar-refractivity contribution in [1.82, 2.24) is 0 Å². The molecule has 1 amide bonds.